The highest BCUT2D eigenvalue weighted by Gasteiger charge is 2.20. The minimum Gasteiger partial charge on any atom is -0.355 e. The number of nitrogens with one attached hydrogen (secondary N) is 2. The molecule has 1 aliphatic rings. The zero-order valence-electron chi connectivity index (χ0n) is 11.3. The highest BCUT2D eigenvalue weighted by Crippen LogP contribution is 2.17. The fraction of sp³-hybridized carbons (Fsp3) is 0.533. The van der Waals surface area contributed by atoms with E-state index in [-0.39, 0.29) is 5.91 Å². The molecule has 98 valence electrons. The summed E-state index contributed by atoms with van der Waals surface area (Å²) in [5.41, 5.74) is 3.90. The number of carbonyl (C=O) groups excluding carboxylic acids is 1. The predicted molar refractivity (Wildman–Crippen MR) is 73.7 cm³/mol. The molecule has 1 aliphatic carbocycles. The van der Waals surface area contributed by atoms with Gasteiger partial charge in [0.25, 0.3) is 0 Å². The van der Waals surface area contributed by atoms with Gasteiger partial charge in [0.15, 0.2) is 0 Å². The first-order valence-corrected chi connectivity index (χ1v) is 6.71. The minimum absolute atomic E-state index is 0.104. The van der Waals surface area contributed by atoms with Crippen LogP contribution in [0.4, 0.5) is 0 Å². The Hall–Kier alpha value is -1.35. The van der Waals surface area contributed by atoms with E-state index in [0.717, 1.165) is 13.0 Å². The van der Waals surface area contributed by atoms with Crippen molar-refractivity contribution in [3.8, 4) is 0 Å². The van der Waals surface area contributed by atoms with Crippen molar-refractivity contribution < 1.29 is 4.79 Å². The molecule has 0 bridgehead atoms. The SMILES string of the molecule is Cc1ccc(C)c(CCNC(=O)CNC2CC2)c1. The van der Waals surface area contributed by atoms with Crippen LogP contribution >= 0.6 is 0 Å². The maximum Gasteiger partial charge on any atom is 0.233 e. The van der Waals surface area contributed by atoms with Crippen molar-refractivity contribution in [2.24, 2.45) is 0 Å². The number of aryl methyl sites for hydroxylation is 2. The smallest absolute Gasteiger partial charge is 0.233 e. The lowest BCUT2D eigenvalue weighted by molar-refractivity contribution is -0.120. The standard InChI is InChI=1S/C15H22N2O/c1-11-3-4-12(2)13(9-11)7-8-16-15(18)10-17-14-5-6-14/h3-4,9,14,17H,5-8,10H2,1-2H3,(H,16,18). The monoisotopic (exact) mass is 246 g/mol. The van der Waals surface area contributed by atoms with Gasteiger partial charge in [-0.15, -0.1) is 0 Å². The van der Waals surface area contributed by atoms with E-state index in [4.69, 9.17) is 0 Å². The second kappa shape index (κ2) is 6.01. The Balaban J connectivity index is 1.70. The highest BCUT2D eigenvalue weighted by atomic mass is 16.1. The third-order valence-electron chi connectivity index (χ3n) is 3.35. The van der Waals surface area contributed by atoms with E-state index in [9.17, 15) is 4.79 Å². The van der Waals surface area contributed by atoms with Crippen molar-refractivity contribution in [1.82, 2.24) is 10.6 Å². The Morgan fingerprint density at radius 3 is 2.83 bits per heavy atom. The van der Waals surface area contributed by atoms with Crippen LogP contribution in [0.25, 0.3) is 0 Å². The Labute approximate surface area is 109 Å². The number of rotatable bonds is 6. The van der Waals surface area contributed by atoms with Gasteiger partial charge in [0.05, 0.1) is 6.54 Å². The second-order valence-electron chi connectivity index (χ2n) is 5.19. The lowest BCUT2D eigenvalue weighted by atomic mass is 10.0. The number of carbonyl (C=O) groups is 1. The molecule has 0 unspecified atom stereocenters. The molecular weight excluding hydrogens is 224 g/mol. The van der Waals surface area contributed by atoms with Crippen molar-refractivity contribution in [2.75, 3.05) is 13.1 Å². The summed E-state index contributed by atoms with van der Waals surface area (Å²) < 4.78 is 0. The summed E-state index contributed by atoms with van der Waals surface area (Å²) in [5.74, 6) is 0.104. The van der Waals surface area contributed by atoms with E-state index in [1.165, 1.54) is 29.5 Å². The van der Waals surface area contributed by atoms with Gasteiger partial charge in [-0.05, 0) is 44.2 Å². The van der Waals surface area contributed by atoms with Gasteiger partial charge in [0, 0.05) is 12.6 Å². The van der Waals surface area contributed by atoms with Crippen LogP contribution in [0.5, 0.6) is 0 Å². The van der Waals surface area contributed by atoms with Crippen LogP contribution in [-0.2, 0) is 11.2 Å². The molecule has 0 atom stereocenters. The van der Waals surface area contributed by atoms with Gasteiger partial charge in [-0.25, -0.2) is 0 Å². The van der Waals surface area contributed by atoms with Gasteiger partial charge in [-0.2, -0.15) is 0 Å². The number of amides is 1. The van der Waals surface area contributed by atoms with Gasteiger partial charge in [-0.1, -0.05) is 23.8 Å². The third kappa shape index (κ3) is 4.15. The summed E-state index contributed by atoms with van der Waals surface area (Å²) in [5, 5.41) is 6.17. The molecule has 18 heavy (non-hydrogen) atoms. The summed E-state index contributed by atoms with van der Waals surface area (Å²) in [6.45, 7) is 5.39. The zero-order chi connectivity index (χ0) is 13.0. The van der Waals surface area contributed by atoms with Crippen LogP contribution in [0.15, 0.2) is 18.2 Å². The van der Waals surface area contributed by atoms with Crippen LogP contribution in [0.1, 0.15) is 29.5 Å². The van der Waals surface area contributed by atoms with Crippen molar-refractivity contribution in [3.05, 3.63) is 34.9 Å². The van der Waals surface area contributed by atoms with Crippen molar-refractivity contribution in [1.29, 1.82) is 0 Å². The molecule has 1 fully saturated rings. The molecule has 0 aliphatic heterocycles. The van der Waals surface area contributed by atoms with Crippen molar-refractivity contribution in [2.45, 2.75) is 39.2 Å². The van der Waals surface area contributed by atoms with Gasteiger partial charge in [0.1, 0.15) is 0 Å². The molecule has 0 aromatic heterocycles. The normalized spacial score (nSPS) is 14.6. The largest absolute Gasteiger partial charge is 0.355 e. The molecule has 1 aromatic carbocycles. The molecule has 1 aromatic rings. The van der Waals surface area contributed by atoms with Crippen LogP contribution in [0, 0.1) is 13.8 Å². The minimum atomic E-state index is 0.104. The highest BCUT2D eigenvalue weighted by molar-refractivity contribution is 5.78. The molecule has 3 heteroatoms. The fourth-order valence-corrected chi connectivity index (χ4v) is 1.99. The topological polar surface area (TPSA) is 41.1 Å². The summed E-state index contributed by atoms with van der Waals surface area (Å²) in [6, 6.07) is 7.05. The van der Waals surface area contributed by atoms with Gasteiger partial charge in [0.2, 0.25) is 5.91 Å². The lowest BCUT2D eigenvalue weighted by Crippen LogP contribution is -2.35. The van der Waals surface area contributed by atoms with Crippen LogP contribution in [0.3, 0.4) is 0 Å². The average Bonchev–Trinajstić information content (AvgIpc) is 3.15. The maximum absolute atomic E-state index is 11.5. The van der Waals surface area contributed by atoms with E-state index in [1.54, 1.807) is 0 Å². The summed E-state index contributed by atoms with van der Waals surface area (Å²) in [4.78, 5) is 11.5. The number of hydrogen-bond donors (Lipinski definition) is 2. The third-order valence-corrected chi connectivity index (χ3v) is 3.35. The van der Waals surface area contributed by atoms with Gasteiger partial charge in [-0.3, -0.25) is 4.79 Å². The molecule has 3 nitrogen and oxygen atoms in total. The Morgan fingerprint density at radius 2 is 2.11 bits per heavy atom. The molecular formula is C15H22N2O. The molecule has 2 N–H and O–H groups in total. The first-order valence-electron chi connectivity index (χ1n) is 6.71. The molecule has 0 spiro atoms. The van der Waals surface area contributed by atoms with E-state index >= 15 is 0 Å². The maximum atomic E-state index is 11.5. The summed E-state index contributed by atoms with van der Waals surface area (Å²) in [7, 11) is 0. The fourth-order valence-electron chi connectivity index (χ4n) is 1.99. The van der Waals surface area contributed by atoms with E-state index in [2.05, 4.69) is 42.7 Å². The molecule has 0 radical (unpaired) electrons. The van der Waals surface area contributed by atoms with Crippen LogP contribution in [-0.4, -0.2) is 25.0 Å². The Kier molecular flexibility index (Phi) is 4.37. The number of benzene rings is 1. The molecule has 0 saturated heterocycles. The van der Waals surface area contributed by atoms with Crippen molar-refractivity contribution in [3.63, 3.8) is 0 Å². The van der Waals surface area contributed by atoms with E-state index in [0.29, 0.717) is 12.6 Å². The van der Waals surface area contributed by atoms with E-state index < -0.39 is 0 Å². The number of hydrogen-bond acceptors (Lipinski definition) is 2. The van der Waals surface area contributed by atoms with Crippen molar-refractivity contribution >= 4 is 5.91 Å². The lowest BCUT2D eigenvalue weighted by Gasteiger charge is -2.09. The Bertz CT molecular complexity index is 425. The summed E-state index contributed by atoms with van der Waals surface area (Å²) in [6.07, 6.45) is 3.34. The average molecular weight is 246 g/mol. The quantitative estimate of drug-likeness (QED) is 0.802. The second-order valence-corrected chi connectivity index (χ2v) is 5.19. The van der Waals surface area contributed by atoms with E-state index in [1.807, 2.05) is 0 Å². The first kappa shape index (κ1) is 13.1. The van der Waals surface area contributed by atoms with Gasteiger partial charge < -0.3 is 10.6 Å². The van der Waals surface area contributed by atoms with Crippen LogP contribution in [0.2, 0.25) is 0 Å². The molecule has 1 amide bonds. The Morgan fingerprint density at radius 1 is 1.33 bits per heavy atom. The molecule has 2 rings (SSSR count). The first-order chi connectivity index (χ1) is 8.65. The predicted octanol–water partition coefficient (Wildman–Crippen LogP) is 1.71. The molecule has 0 heterocycles. The van der Waals surface area contributed by atoms with Crippen LogP contribution < -0.4 is 10.6 Å². The van der Waals surface area contributed by atoms with Gasteiger partial charge >= 0.3 is 0 Å². The summed E-state index contributed by atoms with van der Waals surface area (Å²) >= 11 is 0. The molecule has 1 saturated carbocycles. The zero-order valence-corrected chi connectivity index (χ0v) is 11.3.